The number of nitrogens with one attached hydrogen (secondary N) is 1. The first-order valence-electron chi connectivity index (χ1n) is 6.54. The van der Waals surface area contributed by atoms with Gasteiger partial charge in [0.15, 0.2) is 0 Å². The van der Waals surface area contributed by atoms with Crippen LogP contribution in [0.3, 0.4) is 0 Å². The molecule has 1 heterocycles. The number of carbonyl (C=O) groups is 1. The first-order valence-corrected chi connectivity index (χ1v) is 8.92. The molecule has 0 fully saturated rings. The molecule has 0 atom stereocenters. The summed E-state index contributed by atoms with van der Waals surface area (Å²) >= 11 is 2.85. The van der Waals surface area contributed by atoms with Crippen LogP contribution >= 0.6 is 23.5 Å². The molecule has 112 valence electrons. The Kier molecular flexibility index (Phi) is 6.13. The molecular formula is C14H17N3O2S2. The van der Waals surface area contributed by atoms with Crippen LogP contribution in [0.4, 0.5) is 5.69 Å². The molecule has 1 aromatic carbocycles. The third-order valence-electron chi connectivity index (χ3n) is 2.69. The molecule has 1 amide bonds. The fraction of sp³-hybridized carbons (Fsp3) is 0.357. The average Bonchev–Trinajstić information content (AvgIpc) is 2.94. The first kappa shape index (κ1) is 15.9. The summed E-state index contributed by atoms with van der Waals surface area (Å²) in [5.41, 5.74) is 2.04. The minimum Gasteiger partial charge on any atom is -0.415 e. The van der Waals surface area contributed by atoms with Crippen molar-refractivity contribution in [3.05, 3.63) is 35.7 Å². The molecule has 0 bridgehead atoms. The molecule has 2 aromatic rings. The Labute approximate surface area is 132 Å². The van der Waals surface area contributed by atoms with E-state index in [4.69, 9.17) is 4.42 Å². The molecule has 7 heteroatoms. The summed E-state index contributed by atoms with van der Waals surface area (Å²) in [6.45, 7) is 2.10. The number of aryl methyl sites for hydroxylation is 1. The number of hydrogen-bond donors (Lipinski definition) is 1. The van der Waals surface area contributed by atoms with Crippen LogP contribution in [-0.4, -0.2) is 28.1 Å². The summed E-state index contributed by atoms with van der Waals surface area (Å²) in [4.78, 5) is 11.8. The maximum Gasteiger partial charge on any atom is 0.277 e. The van der Waals surface area contributed by atoms with E-state index in [0.717, 1.165) is 12.1 Å². The summed E-state index contributed by atoms with van der Waals surface area (Å²) in [6.07, 6.45) is 2.95. The minimum atomic E-state index is -0.0890. The largest absolute Gasteiger partial charge is 0.415 e. The summed E-state index contributed by atoms with van der Waals surface area (Å²) in [5, 5.41) is 11.1. The zero-order valence-corrected chi connectivity index (χ0v) is 13.6. The van der Waals surface area contributed by atoms with Gasteiger partial charge in [0, 0.05) is 5.69 Å². The maximum absolute atomic E-state index is 11.8. The first-order chi connectivity index (χ1) is 10.2. The molecule has 21 heavy (non-hydrogen) atoms. The molecule has 1 N–H and O–H groups in total. The van der Waals surface area contributed by atoms with E-state index in [0.29, 0.717) is 16.9 Å². The second kappa shape index (κ2) is 8.09. The highest BCUT2D eigenvalue weighted by atomic mass is 32.2. The summed E-state index contributed by atoms with van der Waals surface area (Å²) < 4.78 is 5.39. The Hall–Kier alpha value is -1.47. The zero-order valence-electron chi connectivity index (χ0n) is 12.0. The van der Waals surface area contributed by atoms with Crippen LogP contribution in [0.5, 0.6) is 0 Å². The molecule has 0 aliphatic carbocycles. The molecule has 0 spiro atoms. The molecule has 0 saturated carbocycles. The molecule has 0 saturated heterocycles. The van der Waals surface area contributed by atoms with Crippen molar-refractivity contribution >= 4 is 35.1 Å². The van der Waals surface area contributed by atoms with E-state index in [2.05, 4.69) is 22.4 Å². The number of rotatable bonds is 7. The standard InChI is InChI=1S/C14H17N3O2S2/c1-3-10-4-6-11(7-5-10)15-12(18)8-21-14-17-16-13(19-14)9-20-2/h4-7H,3,8-9H2,1-2H3,(H,15,18). The predicted molar refractivity (Wildman–Crippen MR) is 86.7 cm³/mol. The lowest BCUT2D eigenvalue weighted by Crippen LogP contribution is -2.13. The van der Waals surface area contributed by atoms with Crippen molar-refractivity contribution < 1.29 is 9.21 Å². The van der Waals surface area contributed by atoms with Gasteiger partial charge < -0.3 is 9.73 Å². The van der Waals surface area contributed by atoms with Crippen LogP contribution < -0.4 is 5.32 Å². The molecule has 1 aromatic heterocycles. The third-order valence-corrected chi connectivity index (χ3v) is 4.04. The molecular weight excluding hydrogens is 306 g/mol. The van der Waals surface area contributed by atoms with Crippen LogP contribution in [-0.2, 0) is 17.0 Å². The van der Waals surface area contributed by atoms with Gasteiger partial charge in [-0.1, -0.05) is 30.8 Å². The highest BCUT2D eigenvalue weighted by Gasteiger charge is 2.09. The van der Waals surface area contributed by atoms with Gasteiger partial charge in [0.25, 0.3) is 5.22 Å². The van der Waals surface area contributed by atoms with E-state index < -0.39 is 0 Å². The quantitative estimate of drug-likeness (QED) is 0.789. The van der Waals surface area contributed by atoms with Crippen molar-refractivity contribution in [1.82, 2.24) is 10.2 Å². The Balaban J connectivity index is 1.80. The lowest BCUT2D eigenvalue weighted by Gasteiger charge is -2.04. The van der Waals surface area contributed by atoms with E-state index in [1.54, 1.807) is 11.8 Å². The van der Waals surface area contributed by atoms with E-state index in [1.165, 1.54) is 17.3 Å². The molecule has 0 aliphatic heterocycles. The van der Waals surface area contributed by atoms with Crippen molar-refractivity contribution in [3.63, 3.8) is 0 Å². The van der Waals surface area contributed by atoms with E-state index >= 15 is 0 Å². The molecule has 5 nitrogen and oxygen atoms in total. The van der Waals surface area contributed by atoms with Gasteiger partial charge in [-0.15, -0.1) is 10.2 Å². The Bertz CT molecular complexity index is 584. The van der Waals surface area contributed by atoms with Gasteiger partial charge in [0.2, 0.25) is 11.8 Å². The topological polar surface area (TPSA) is 68.0 Å². The second-order valence-electron chi connectivity index (χ2n) is 4.28. The third kappa shape index (κ3) is 5.09. The van der Waals surface area contributed by atoms with Gasteiger partial charge in [-0.2, -0.15) is 11.8 Å². The number of nitrogens with zero attached hydrogens (tertiary/aromatic N) is 2. The van der Waals surface area contributed by atoms with Crippen LogP contribution in [0.1, 0.15) is 18.4 Å². The molecule has 0 unspecified atom stereocenters. The van der Waals surface area contributed by atoms with Crippen LogP contribution in [0, 0.1) is 0 Å². The number of benzene rings is 1. The van der Waals surface area contributed by atoms with Gasteiger partial charge >= 0.3 is 0 Å². The van der Waals surface area contributed by atoms with Crippen molar-refractivity contribution in [2.45, 2.75) is 24.3 Å². The van der Waals surface area contributed by atoms with Gasteiger partial charge in [0.1, 0.15) is 0 Å². The number of carbonyl (C=O) groups excluding carboxylic acids is 1. The summed E-state index contributed by atoms with van der Waals surface area (Å²) in [5.74, 6) is 1.43. The van der Waals surface area contributed by atoms with E-state index in [1.807, 2.05) is 30.5 Å². The normalized spacial score (nSPS) is 10.6. The Morgan fingerprint density at radius 2 is 2.05 bits per heavy atom. The highest BCUT2D eigenvalue weighted by Crippen LogP contribution is 2.18. The van der Waals surface area contributed by atoms with Crippen molar-refractivity contribution in [2.24, 2.45) is 0 Å². The lowest BCUT2D eigenvalue weighted by molar-refractivity contribution is -0.113. The van der Waals surface area contributed by atoms with Crippen LogP contribution in [0.25, 0.3) is 0 Å². The van der Waals surface area contributed by atoms with E-state index in [9.17, 15) is 4.79 Å². The molecule has 0 aliphatic rings. The number of anilines is 1. The summed E-state index contributed by atoms with van der Waals surface area (Å²) in [6, 6.07) is 7.83. The van der Waals surface area contributed by atoms with E-state index in [-0.39, 0.29) is 11.7 Å². The Morgan fingerprint density at radius 1 is 1.29 bits per heavy atom. The SMILES string of the molecule is CCc1ccc(NC(=O)CSc2nnc(CSC)o2)cc1. The minimum absolute atomic E-state index is 0.0890. The van der Waals surface area contributed by atoms with Crippen molar-refractivity contribution in [3.8, 4) is 0 Å². The maximum atomic E-state index is 11.8. The second-order valence-corrected chi connectivity index (χ2v) is 6.07. The fourth-order valence-electron chi connectivity index (χ4n) is 1.63. The smallest absolute Gasteiger partial charge is 0.277 e. The van der Waals surface area contributed by atoms with Crippen LogP contribution in [0.2, 0.25) is 0 Å². The zero-order chi connectivity index (χ0) is 15.1. The summed E-state index contributed by atoms with van der Waals surface area (Å²) in [7, 11) is 0. The fourth-order valence-corrected chi connectivity index (χ4v) is 2.57. The predicted octanol–water partition coefficient (Wildman–Crippen LogP) is 3.23. The van der Waals surface area contributed by atoms with Crippen molar-refractivity contribution in [1.29, 1.82) is 0 Å². The number of thioether (sulfide) groups is 2. The monoisotopic (exact) mass is 323 g/mol. The highest BCUT2D eigenvalue weighted by molar-refractivity contribution is 7.99. The molecule has 2 rings (SSSR count). The number of amides is 1. The van der Waals surface area contributed by atoms with Gasteiger partial charge in [-0.05, 0) is 30.4 Å². The van der Waals surface area contributed by atoms with Gasteiger partial charge in [-0.25, -0.2) is 0 Å². The molecule has 0 radical (unpaired) electrons. The van der Waals surface area contributed by atoms with Crippen molar-refractivity contribution in [2.75, 3.05) is 17.3 Å². The number of aromatic nitrogens is 2. The Morgan fingerprint density at radius 3 is 2.71 bits per heavy atom. The lowest BCUT2D eigenvalue weighted by atomic mass is 10.1. The van der Waals surface area contributed by atoms with Gasteiger partial charge in [0.05, 0.1) is 11.5 Å². The van der Waals surface area contributed by atoms with Gasteiger partial charge in [-0.3, -0.25) is 4.79 Å². The number of hydrogen-bond acceptors (Lipinski definition) is 6. The average molecular weight is 323 g/mol. The van der Waals surface area contributed by atoms with Crippen LogP contribution in [0.15, 0.2) is 33.9 Å².